The van der Waals surface area contributed by atoms with Gasteiger partial charge in [0.1, 0.15) is 0 Å². The van der Waals surface area contributed by atoms with Gasteiger partial charge in [-0.25, -0.2) is 4.79 Å². The number of nitrogens with one attached hydrogen (secondary N) is 3. The fourth-order valence-electron chi connectivity index (χ4n) is 5.60. The molecule has 0 aromatic carbocycles. The third-order valence-electron chi connectivity index (χ3n) is 7.20. The Kier molecular flexibility index (Phi) is 6.90. The van der Waals surface area contributed by atoms with E-state index in [4.69, 9.17) is 4.74 Å². The van der Waals surface area contributed by atoms with Crippen LogP contribution in [-0.2, 0) is 4.74 Å². The minimum Gasteiger partial charge on any atom is -0.379 e. The van der Waals surface area contributed by atoms with Crippen LogP contribution in [-0.4, -0.2) is 67.9 Å². The highest BCUT2D eigenvalue weighted by atomic mass is 16.5. The van der Waals surface area contributed by atoms with Gasteiger partial charge in [-0.15, -0.1) is 0 Å². The van der Waals surface area contributed by atoms with Crippen LogP contribution >= 0.6 is 0 Å². The molecule has 0 bridgehead atoms. The van der Waals surface area contributed by atoms with E-state index in [0.717, 1.165) is 58.5 Å². The van der Waals surface area contributed by atoms with Gasteiger partial charge in [0.25, 0.3) is 0 Å². The van der Waals surface area contributed by atoms with E-state index in [1.54, 1.807) is 0 Å². The van der Waals surface area contributed by atoms with Crippen molar-refractivity contribution in [1.82, 2.24) is 20.9 Å². The maximum atomic E-state index is 12.5. The molecule has 0 spiro atoms. The smallest absolute Gasteiger partial charge is 0.317 e. The van der Waals surface area contributed by atoms with Crippen LogP contribution in [0.1, 0.15) is 64.2 Å². The molecule has 3 atom stereocenters. The highest BCUT2D eigenvalue weighted by Gasteiger charge is 2.36. The fourth-order valence-corrected chi connectivity index (χ4v) is 5.60. The number of morpholine rings is 1. The van der Waals surface area contributed by atoms with Gasteiger partial charge in [0.2, 0.25) is 0 Å². The quantitative estimate of drug-likeness (QED) is 0.702. The zero-order valence-electron chi connectivity index (χ0n) is 16.8. The lowest BCUT2D eigenvalue weighted by Gasteiger charge is -2.38. The number of hydrogen-bond donors (Lipinski definition) is 3. The van der Waals surface area contributed by atoms with E-state index >= 15 is 0 Å². The lowest BCUT2D eigenvalue weighted by molar-refractivity contribution is 0.0508. The number of carbonyl (C=O) groups excluding carboxylic acids is 1. The Morgan fingerprint density at radius 1 is 0.926 bits per heavy atom. The van der Waals surface area contributed by atoms with Gasteiger partial charge in [0, 0.05) is 43.8 Å². The number of hydrogen-bond acceptors (Lipinski definition) is 4. The summed E-state index contributed by atoms with van der Waals surface area (Å²) in [5, 5.41) is 10.9. The average Bonchev–Trinajstić information content (AvgIpc) is 3.18. The van der Waals surface area contributed by atoms with Gasteiger partial charge >= 0.3 is 6.03 Å². The molecule has 4 rings (SSSR count). The van der Waals surface area contributed by atoms with E-state index in [1.165, 1.54) is 38.5 Å². The molecular weight excluding hydrogens is 340 g/mol. The van der Waals surface area contributed by atoms with E-state index < -0.39 is 0 Å². The Morgan fingerprint density at radius 2 is 1.74 bits per heavy atom. The third kappa shape index (κ3) is 5.15. The maximum absolute atomic E-state index is 12.5. The highest BCUT2D eigenvalue weighted by molar-refractivity contribution is 5.74. The second kappa shape index (κ2) is 9.57. The molecule has 0 radical (unpaired) electrons. The lowest BCUT2D eigenvalue weighted by atomic mass is 9.92. The second-order valence-corrected chi connectivity index (χ2v) is 9.05. The van der Waals surface area contributed by atoms with Gasteiger partial charge in [-0.05, 0) is 44.4 Å². The average molecular weight is 379 g/mol. The molecule has 2 aliphatic heterocycles. The molecule has 2 amide bonds. The molecule has 6 nitrogen and oxygen atoms in total. The van der Waals surface area contributed by atoms with Crippen molar-refractivity contribution in [3.05, 3.63) is 0 Å². The highest BCUT2D eigenvalue weighted by Crippen LogP contribution is 2.30. The predicted molar refractivity (Wildman–Crippen MR) is 107 cm³/mol. The van der Waals surface area contributed by atoms with Gasteiger partial charge in [0.05, 0.1) is 13.2 Å². The topological polar surface area (TPSA) is 65.6 Å². The van der Waals surface area contributed by atoms with Crippen molar-refractivity contribution in [3.63, 3.8) is 0 Å². The summed E-state index contributed by atoms with van der Waals surface area (Å²) < 4.78 is 5.69. The summed E-state index contributed by atoms with van der Waals surface area (Å²) >= 11 is 0. The van der Waals surface area contributed by atoms with Crippen LogP contribution in [0.25, 0.3) is 0 Å². The minimum atomic E-state index is 0.169. The van der Waals surface area contributed by atoms with Crippen molar-refractivity contribution in [2.75, 3.05) is 32.8 Å². The summed E-state index contributed by atoms with van der Waals surface area (Å²) in [6.45, 7) is 4.48. The van der Waals surface area contributed by atoms with E-state index in [0.29, 0.717) is 30.1 Å². The number of carbonyl (C=O) groups is 1. The summed E-state index contributed by atoms with van der Waals surface area (Å²) in [5.41, 5.74) is 0. The van der Waals surface area contributed by atoms with Crippen molar-refractivity contribution in [1.29, 1.82) is 0 Å². The molecule has 154 valence electrons. The molecule has 4 fully saturated rings. The molecule has 0 aromatic heterocycles. The van der Waals surface area contributed by atoms with Crippen molar-refractivity contribution in [2.24, 2.45) is 5.92 Å². The molecule has 3 N–H and O–H groups in total. The number of likely N-dealkylation sites (tertiary alicyclic amines) is 1. The summed E-state index contributed by atoms with van der Waals surface area (Å²) in [6, 6.07) is 2.25. The van der Waals surface area contributed by atoms with Crippen LogP contribution in [0, 0.1) is 5.92 Å². The molecule has 2 saturated carbocycles. The molecule has 0 aromatic rings. The summed E-state index contributed by atoms with van der Waals surface area (Å²) in [7, 11) is 0. The molecule has 2 saturated heterocycles. The second-order valence-electron chi connectivity index (χ2n) is 9.05. The summed E-state index contributed by atoms with van der Waals surface area (Å²) in [6.07, 6.45) is 12.2. The molecule has 6 heteroatoms. The van der Waals surface area contributed by atoms with Crippen LogP contribution < -0.4 is 16.0 Å². The number of ether oxygens (including phenoxy) is 1. The third-order valence-corrected chi connectivity index (χ3v) is 7.20. The number of piperidine rings is 1. The van der Waals surface area contributed by atoms with Crippen LogP contribution in [0.3, 0.4) is 0 Å². The normalized spacial score (nSPS) is 33.9. The van der Waals surface area contributed by atoms with Crippen molar-refractivity contribution in [3.8, 4) is 0 Å². The Bertz CT molecular complexity index is 469. The standard InChI is InChI=1S/C21H38N4O2/c26-21(24-16-5-2-1-3-6-16)25-12-9-17(10-13-25)23-19-8-4-7-18(19)20-15-27-14-11-22-20/h16-20,22-23H,1-15H2,(H,24,26). The summed E-state index contributed by atoms with van der Waals surface area (Å²) in [5.74, 6) is 0.693. The number of amides is 2. The fraction of sp³-hybridized carbons (Fsp3) is 0.952. The number of rotatable bonds is 4. The summed E-state index contributed by atoms with van der Waals surface area (Å²) in [4.78, 5) is 14.6. The van der Waals surface area contributed by atoms with Gasteiger partial charge in [0.15, 0.2) is 0 Å². The van der Waals surface area contributed by atoms with E-state index in [1.807, 2.05) is 4.90 Å². The maximum Gasteiger partial charge on any atom is 0.317 e. The van der Waals surface area contributed by atoms with Crippen LogP contribution in [0.2, 0.25) is 0 Å². The molecule has 2 aliphatic carbocycles. The molecule has 2 heterocycles. The first-order valence-electron chi connectivity index (χ1n) is 11.4. The first-order valence-corrected chi connectivity index (χ1v) is 11.4. The lowest BCUT2D eigenvalue weighted by Crippen LogP contribution is -2.55. The molecular formula is C21H38N4O2. The Labute approximate surface area is 164 Å². The minimum absolute atomic E-state index is 0.169. The Balaban J connectivity index is 1.20. The molecule has 4 aliphatic rings. The first kappa shape index (κ1) is 19.5. The first-order chi connectivity index (χ1) is 13.3. The Hall–Kier alpha value is -0.850. The predicted octanol–water partition coefficient (Wildman–Crippen LogP) is 2.24. The van der Waals surface area contributed by atoms with E-state index in [2.05, 4.69) is 16.0 Å². The van der Waals surface area contributed by atoms with Gasteiger partial charge < -0.3 is 25.6 Å². The van der Waals surface area contributed by atoms with Crippen LogP contribution in [0.15, 0.2) is 0 Å². The number of urea groups is 1. The van der Waals surface area contributed by atoms with Crippen molar-refractivity contribution < 1.29 is 9.53 Å². The van der Waals surface area contributed by atoms with Crippen molar-refractivity contribution >= 4 is 6.03 Å². The van der Waals surface area contributed by atoms with Crippen LogP contribution in [0.4, 0.5) is 4.79 Å². The molecule has 27 heavy (non-hydrogen) atoms. The van der Waals surface area contributed by atoms with Gasteiger partial charge in [-0.2, -0.15) is 0 Å². The van der Waals surface area contributed by atoms with Gasteiger partial charge in [-0.3, -0.25) is 0 Å². The van der Waals surface area contributed by atoms with Gasteiger partial charge in [-0.1, -0.05) is 25.7 Å². The van der Waals surface area contributed by atoms with Crippen molar-refractivity contribution in [2.45, 2.75) is 88.4 Å². The monoisotopic (exact) mass is 378 g/mol. The zero-order chi connectivity index (χ0) is 18.5. The van der Waals surface area contributed by atoms with E-state index in [-0.39, 0.29) is 6.03 Å². The van der Waals surface area contributed by atoms with Crippen LogP contribution in [0.5, 0.6) is 0 Å². The zero-order valence-corrected chi connectivity index (χ0v) is 16.8. The SMILES string of the molecule is O=C(NC1CCCCC1)N1CCC(NC2CCCC2C2COCCN2)CC1. The molecule has 3 unspecified atom stereocenters. The largest absolute Gasteiger partial charge is 0.379 e. The number of nitrogens with zero attached hydrogens (tertiary/aromatic N) is 1. The van der Waals surface area contributed by atoms with E-state index in [9.17, 15) is 4.79 Å². The Morgan fingerprint density at radius 3 is 2.48 bits per heavy atom.